The molecular weight excluding hydrogens is 431 g/mol. The number of methoxy groups -OCH3 is 1. The minimum absolute atomic E-state index is 0.0919. The number of benzene rings is 2. The zero-order chi connectivity index (χ0) is 24.1. The van der Waals surface area contributed by atoms with Crippen LogP contribution in [-0.4, -0.2) is 36.0 Å². The third kappa shape index (κ3) is 5.42. The largest absolute Gasteiger partial charge is 0.495 e. The summed E-state index contributed by atoms with van der Waals surface area (Å²) in [6.07, 6.45) is 6.63. The Kier molecular flexibility index (Phi) is 7.21. The summed E-state index contributed by atoms with van der Waals surface area (Å²) in [5.74, 6) is 0.656. The van der Waals surface area contributed by atoms with E-state index in [4.69, 9.17) is 4.74 Å². The number of anilines is 3. The summed E-state index contributed by atoms with van der Waals surface area (Å²) in [7, 11) is 1.68. The number of carbonyl (C=O) groups is 1. The number of nitrogens with zero attached hydrogens (tertiary/aromatic N) is 3. The van der Waals surface area contributed by atoms with E-state index in [2.05, 4.69) is 26.8 Å². The van der Waals surface area contributed by atoms with Crippen LogP contribution in [0.2, 0.25) is 0 Å². The van der Waals surface area contributed by atoms with Crippen LogP contribution >= 0.6 is 0 Å². The Labute approximate surface area is 199 Å². The molecule has 1 fully saturated rings. The lowest BCUT2D eigenvalue weighted by Gasteiger charge is -2.30. The second-order valence-corrected chi connectivity index (χ2v) is 8.48. The molecule has 2 aromatic carbocycles. The number of aromatic nitrogens is 2. The lowest BCUT2D eigenvalue weighted by atomic mass is 10.0. The quantitative estimate of drug-likeness (QED) is 0.440. The number of nitrogens with one attached hydrogen (secondary N) is 1. The third-order valence-electron chi connectivity index (χ3n) is 5.94. The van der Waals surface area contributed by atoms with E-state index in [1.165, 1.54) is 37.5 Å². The molecule has 1 aromatic heterocycles. The first kappa shape index (κ1) is 23.4. The lowest BCUT2D eigenvalue weighted by Crippen LogP contribution is -2.29. The highest BCUT2D eigenvalue weighted by Crippen LogP contribution is 2.34. The van der Waals surface area contributed by atoms with E-state index in [9.17, 15) is 9.18 Å². The third-order valence-corrected chi connectivity index (χ3v) is 5.94. The van der Waals surface area contributed by atoms with Crippen molar-refractivity contribution in [2.24, 2.45) is 0 Å². The molecule has 0 aliphatic carbocycles. The fraction of sp³-hybridized carbons (Fsp3) is 0.296. The molecule has 34 heavy (non-hydrogen) atoms. The fourth-order valence-corrected chi connectivity index (χ4v) is 4.24. The maximum atomic E-state index is 14.3. The predicted molar refractivity (Wildman–Crippen MR) is 133 cm³/mol. The second-order valence-electron chi connectivity index (χ2n) is 8.48. The molecule has 0 atom stereocenters. The smallest absolute Gasteiger partial charge is 0.227 e. The lowest BCUT2D eigenvalue weighted by molar-refractivity contribution is -0.114. The monoisotopic (exact) mass is 460 g/mol. The molecule has 1 aliphatic heterocycles. The highest BCUT2D eigenvalue weighted by atomic mass is 19.1. The van der Waals surface area contributed by atoms with Crippen molar-refractivity contribution in [1.82, 2.24) is 9.97 Å². The van der Waals surface area contributed by atoms with Crippen LogP contribution < -0.4 is 15.0 Å². The van der Waals surface area contributed by atoms with Crippen molar-refractivity contribution < 1.29 is 13.9 Å². The number of aryl methyl sites for hydroxylation is 1. The number of hydrogen-bond acceptors (Lipinski definition) is 6. The molecule has 2 heterocycles. The zero-order valence-electron chi connectivity index (χ0n) is 19.6. The van der Waals surface area contributed by atoms with Gasteiger partial charge in [-0.05, 0) is 79.8 Å². The van der Waals surface area contributed by atoms with E-state index in [0.29, 0.717) is 22.8 Å². The number of ketones is 1. The van der Waals surface area contributed by atoms with Crippen LogP contribution in [0, 0.1) is 12.7 Å². The van der Waals surface area contributed by atoms with E-state index >= 15 is 0 Å². The topological polar surface area (TPSA) is 67.3 Å². The number of ether oxygens (including phenoxy) is 1. The second kappa shape index (κ2) is 10.5. The van der Waals surface area contributed by atoms with Crippen LogP contribution in [0.5, 0.6) is 5.75 Å². The zero-order valence-corrected chi connectivity index (χ0v) is 19.6. The summed E-state index contributed by atoms with van der Waals surface area (Å²) in [6, 6.07) is 10.5. The predicted octanol–water partition coefficient (Wildman–Crippen LogP) is 5.63. The number of rotatable bonds is 8. The maximum absolute atomic E-state index is 14.3. The van der Waals surface area contributed by atoms with Gasteiger partial charge in [0.25, 0.3) is 0 Å². The Bertz CT molecular complexity index is 1210. The average molecular weight is 461 g/mol. The molecule has 1 saturated heterocycles. The van der Waals surface area contributed by atoms with Crippen LogP contribution in [0.4, 0.5) is 21.7 Å². The van der Waals surface area contributed by atoms with Gasteiger partial charge in [0.05, 0.1) is 18.5 Å². The Balaban J connectivity index is 1.63. The maximum Gasteiger partial charge on any atom is 0.227 e. The van der Waals surface area contributed by atoms with Gasteiger partial charge in [0.15, 0.2) is 5.78 Å². The Hall–Kier alpha value is -3.74. The van der Waals surface area contributed by atoms with E-state index in [1.807, 2.05) is 25.1 Å². The van der Waals surface area contributed by atoms with Crippen LogP contribution in [0.25, 0.3) is 11.3 Å². The molecule has 0 bridgehead atoms. The molecule has 6 nitrogen and oxygen atoms in total. The molecule has 3 aromatic rings. The van der Waals surface area contributed by atoms with Gasteiger partial charge in [-0.25, -0.2) is 14.4 Å². The summed E-state index contributed by atoms with van der Waals surface area (Å²) < 4.78 is 19.9. The number of hydrogen-bond donors (Lipinski definition) is 1. The standard InChI is InChI=1S/C27H29FN4O2/c1-4-23(33)14-19-12-20(15-21(28)13-19)26-18(2)17-29-27(31-26)30-22-8-9-25(34-3)24(16-22)32-10-6-5-7-11-32/h4,8-9,12-13,15-17H,1,5-7,10-11,14H2,2-3H3,(H,29,30,31). The van der Waals surface area contributed by atoms with Crippen molar-refractivity contribution in [1.29, 1.82) is 0 Å². The van der Waals surface area contributed by atoms with Crippen molar-refractivity contribution in [3.63, 3.8) is 0 Å². The molecule has 0 radical (unpaired) electrons. The van der Waals surface area contributed by atoms with Gasteiger partial charge in [-0.2, -0.15) is 0 Å². The molecule has 176 valence electrons. The molecular formula is C27H29FN4O2. The Morgan fingerprint density at radius 1 is 1.21 bits per heavy atom. The summed E-state index contributed by atoms with van der Waals surface area (Å²) in [6.45, 7) is 7.37. The molecule has 0 unspecified atom stereocenters. The molecule has 1 aliphatic rings. The number of allylic oxidation sites excluding steroid dienone is 1. The van der Waals surface area contributed by atoms with Crippen molar-refractivity contribution >= 4 is 23.1 Å². The number of carbonyl (C=O) groups excluding carboxylic acids is 1. The van der Waals surface area contributed by atoms with Crippen LogP contribution in [-0.2, 0) is 11.2 Å². The Morgan fingerprint density at radius 3 is 2.74 bits per heavy atom. The van der Waals surface area contributed by atoms with Gasteiger partial charge in [0, 0.05) is 37.0 Å². The molecule has 1 N–H and O–H groups in total. The highest BCUT2D eigenvalue weighted by Gasteiger charge is 2.17. The van der Waals surface area contributed by atoms with Gasteiger partial charge < -0.3 is 15.0 Å². The van der Waals surface area contributed by atoms with Gasteiger partial charge in [-0.3, -0.25) is 4.79 Å². The summed E-state index contributed by atoms with van der Waals surface area (Å²) in [5, 5.41) is 3.28. The van der Waals surface area contributed by atoms with Crippen molar-refractivity contribution in [2.45, 2.75) is 32.6 Å². The van der Waals surface area contributed by atoms with E-state index < -0.39 is 5.82 Å². The van der Waals surface area contributed by atoms with Gasteiger partial charge >= 0.3 is 0 Å². The summed E-state index contributed by atoms with van der Waals surface area (Å²) >= 11 is 0. The van der Waals surface area contributed by atoms with Crippen molar-refractivity contribution in [3.05, 3.63) is 72.2 Å². The molecule has 0 spiro atoms. The molecule has 4 rings (SSSR count). The van der Waals surface area contributed by atoms with E-state index in [0.717, 1.165) is 35.8 Å². The summed E-state index contributed by atoms with van der Waals surface area (Å²) in [4.78, 5) is 23.2. The first-order valence-corrected chi connectivity index (χ1v) is 11.5. The summed E-state index contributed by atoms with van der Waals surface area (Å²) in [5.41, 5.74) is 4.47. The minimum atomic E-state index is -0.418. The fourth-order valence-electron chi connectivity index (χ4n) is 4.24. The minimum Gasteiger partial charge on any atom is -0.495 e. The number of halogens is 1. The van der Waals surface area contributed by atoms with Gasteiger partial charge in [0.1, 0.15) is 11.6 Å². The first-order chi connectivity index (χ1) is 16.5. The van der Waals surface area contributed by atoms with E-state index in [-0.39, 0.29) is 12.2 Å². The van der Waals surface area contributed by atoms with Crippen LogP contribution in [0.15, 0.2) is 55.3 Å². The molecule has 7 heteroatoms. The highest BCUT2D eigenvalue weighted by molar-refractivity contribution is 5.91. The normalized spacial score (nSPS) is 13.4. The first-order valence-electron chi connectivity index (χ1n) is 11.5. The van der Waals surface area contributed by atoms with Crippen LogP contribution in [0.3, 0.4) is 0 Å². The van der Waals surface area contributed by atoms with Crippen molar-refractivity contribution in [3.8, 4) is 17.0 Å². The van der Waals surface area contributed by atoms with Crippen molar-refractivity contribution in [2.75, 3.05) is 30.4 Å². The number of piperidine rings is 1. The molecule has 0 saturated carbocycles. The van der Waals surface area contributed by atoms with Gasteiger partial charge in [-0.15, -0.1) is 0 Å². The van der Waals surface area contributed by atoms with E-state index in [1.54, 1.807) is 19.4 Å². The van der Waals surface area contributed by atoms with Gasteiger partial charge in [-0.1, -0.05) is 6.58 Å². The Morgan fingerprint density at radius 2 is 2.00 bits per heavy atom. The molecule has 0 amide bonds. The van der Waals surface area contributed by atoms with Gasteiger partial charge in [0.2, 0.25) is 5.95 Å². The van der Waals surface area contributed by atoms with Crippen LogP contribution in [0.1, 0.15) is 30.4 Å². The SMILES string of the molecule is C=CC(=O)Cc1cc(F)cc(-c2nc(Nc3ccc(OC)c(N4CCCCC4)c3)ncc2C)c1. The average Bonchev–Trinajstić information content (AvgIpc) is 2.85.